The molecule has 1 saturated heterocycles. The third-order valence-electron chi connectivity index (χ3n) is 5.60. The van der Waals surface area contributed by atoms with Crippen LogP contribution in [0.5, 0.6) is 5.75 Å². The second-order valence-electron chi connectivity index (χ2n) is 7.68. The van der Waals surface area contributed by atoms with Gasteiger partial charge < -0.3 is 14.4 Å². The van der Waals surface area contributed by atoms with Gasteiger partial charge in [-0.15, -0.1) is 0 Å². The Morgan fingerprint density at radius 2 is 1.84 bits per heavy atom. The standard InChI is InChI=1S/C22H27FN2O5S/c1-16(17-4-10-20(29-2)11-5-17)25-15-13-22(30-21(25)26,12-14-24-31(3,27)28)18-6-8-19(23)9-7-18/h4-11,16,24H,12-15H2,1-3H3/t16-,22+/m0/s1. The molecule has 0 unspecified atom stereocenters. The Balaban J connectivity index is 1.81. The molecule has 1 N–H and O–H groups in total. The summed E-state index contributed by atoms with van der Waals surface area (Å²) in [7, 11) is -1.80. The highest BCUT2D eigenvalue weighted by Crippen LogP contribution is 2.39. The number of sulfonamides is 1. The summed E-state index contributed by atoms with van der Waals surface area (Å²) < 4.78 is 50.0. The number of cyclic esters (lactones) is 1. The number of carbonyl (C=O) groups excluding carboxylic acids is 1. The van der Waals surface area contributed by atoms with Crippen LogP contribution in [-0.4, -0.2) is 45.9 Å². The van der Waals surface area contributed by atoms with Crippen molar-refractivity contribution < 1.29 is 27.1 Å². The highest BCUT2D eigenvalue weighted by atomic mass is 32.2. The molecule has 0 spiro atoms. The first-order valence-corrected chi connectivity index (χ1v) is 11.9. The van der Waals surface area contributed by atoms with Crippen molar-refractivity contribution in [3.05, 3.63) is 65.5 Å². The molecule has 31 heavy (non-hydrogen) atoms. The van der Waals surface area contributed by atoms with Gasteiger partial charge in [-0.3, -0.25) is 0 Å². The summed E-state index contributed by atoms with van der Waals surface area (Å²) >= 11 is 0. The topological polar surface area (TPSA) is 84.9 Å². The average Bonchev–Trinajstić information content (AvgIpc) is 2.73. The van der Waals surface area contributed by atoms with Crippen LogP contribution >= 0.6 is 0 Å². The van der Waals surface area contributed by atoms with Crippen LogP contribution < -0.4 is 9.46 Å². The van der Waals surface area contributed by atoms with E-state index in [2.05, 4.69) is 4.72 Å². The fourth-order valence-corrected chi connectivity index (χ4v) is 4.27. The number of nitrogens with one attached hydrogen (secondary N) is 1. The Morgan fingerprint density at radius 1 is 1.19 bits per heavy atom. The number of ether oxygens (including phenoxy) is 2. The normalized spacial score (nSPS) is 20.3. The minimum absolute atomic E-state index is 0.0948. The summed E-state index contributed by atoms with van der Waals surface area (Å²) in [6.07, 6.45) is 1.25. The summed E-state index contributed by atoms with van der Waals surface area (Å²) in [5, 5.41) is 0. The van der Waals surface area contributed by atoms with Crippen LogP contribution in [0.1, 0.15) is 36.9 Å². The summed E-state index contributed by atoms with van der Waals surface area (Å²) in [5.74, 6) is 0.330. The van der Waals surface area contributed by atoms with Crippen LogP contribution in [0.2, 0.25) is 0 Å². The van der Waals surface area contributed by atoms with Gasteiger partial charge in [0.05, 0.1) is 19.4 Å². The lowest BCUT2D eigenvalue weighted by atomic mass is 9.85. The zero-order chi connectivity index (χ0) is 22.6. The number of methoxy groups -OCH3 is 1. The minimum atomic E-state index is -3.39. The fourth-order valence-electron chi connectivity index (χ4n) is 3.80. The number of benzene rings is 2. The van der Waals surface area contributed by atoms with Crippen molar-refractivity contribution in [2.45, 2.75) is 31.4 Å². The number of hydrogen-bond acceptors (Lipinski definition) is 5. The number of carbonyl (C=O) groups is 1. The van der Waals surface area contributed by atoms with Crippen molar-refractivity contribution in [2.75, 3.05) is 26.5 Å². The molecule has 2 aromatic carbocycles. The van der Waals surface area contributed by atoms with Crippen LogP contribution in [0.25, 0.3) is 0 Å². The molecule has 7 nitrogen and oxygen atoms in total. The van der Waals surface area contributed by atoms with E-state index in [1.165, 1.54) is 12.1 Å². The van der Waals surface area contributed by atoms with Gasteiger partial charge in [0, 0.05) is 25.9 Å². The Morgan fingerprint density at radius 3 is 2.39 bits per heavy atom. The first-order valence-electron chi connectivity index (χ1n) is 9.98. The van der Waals surface area contributed by atoms with Crippen LogP contribution in [0.4, 0.5) is 9.18 Å². The van der Waals surface area contributed by atoms with E-state index in [9.17, 15) is 17.6 Å². The third-order valence-corrected chi connectivity index (χ3v) is 6.33. The highest BCUT2D eigenvalue weighted by molar-refractivity contribution is 7.88. The molecule has 2 atom stereocenters. The van der Waals surface area contributed by atoms with Crippen molar-refractivity contribution in [2.24, 2.45) is 0 Å². The van der Waals surface area contributed by atoms with Crippen molar-refractivity contribution in [3.63, 3.8) is 0 Å². The zero-order valence-electron chi connectivity index (χ0n) is 17.8. The maximum absolute atomic E-state index is 13.5. The lowest BCUT2D eigenvalue weighted by molar-refractivity contribution is -0.0644. The van der Waals surface area contributed by atoms with Crippen molar-refractivity contribution in [3.8, 4) is 5.75 Å². The van der Waals surface area contributed by atoms with E-state index in [4.69, 9.17) is 9.47 Å². The van der Waals surface area contributed by atoms with E-state index >= 15 is 0 Å². The van der Waals surface area contributed by atoms with E-state index in [-0.39, 0.29) is 19.0 Å². The predicted octanol–water partition coefficient (Wildman–Crippen LogP) is 3.57. The Labute approximate surface area is 182 Å². The molecule has 0 aliphatic carbocycles. The summed E-state index contributed by atoms with van der Waals surface area (Å²) in [6.45, 7) is 2.42. The monoisotopic (exact) mass is 450 g/mol. The molecule has 1 heterocycles. The molecule has 0 aromatic heterocycles. The molecule has 9 heteroatoms. The van der Waals surface area contributed by atoms with Crippen molar-refractivity contribution in [1.82, 2.24) is 9.62 Å². The average molecular weight is 451 g/mol. The second-order valence-corrected chi connectivity index (χ2v) is 9.51. The molecule has 0 radical (unpaired) electrons. The molecule has 0 saturated carbocycles. The molecule has 3 rings (SSSR count). The first-order chi connectivity index (χ1) is 14.6. The lowest BCUT2D eigenvalue weighted by Gasteiger charge is -2.43. The quantitative estimate of drug-likeness (QED) is 0.665. The number of rotatable bonds is 8. The third kappa shape index (κ3) is 5.54. The number of halogens is 1. The Hall–Kier alpha value is -2.65. The number of amides is 1. The van der Waals surface area contributed by atoms with Gasteiger partial charge >= 0.3 is 6.09 Å². The smallest absolute Gasteiger partial charge is 0.411 e. The highest BCUT2D eigenvalue weighted by Gasteiger charge is 2.43. The van der Waals surface area contributed by atoms with Crippen LogP contribution in [0, 0.1) is 5.82 Å². The summed E-state index contributed by atoms with van der Waals surface area (Å²) in [5.41, 5.74) is 0.526. The maximum atomic E-state index is 13.5. The molecule has 1 aliphatic heterocycles. The zero-order valence-corrected chi connectivity index (χ0v) is 18.6. The van der Waals surface area contributed by atoms with E-state index in [0.29, 0.717) is 18.5 Å². The fraction of sp³-hybridized carbons (Fsp3) is 0.409. The van der Waals surface area contributed by atoms with E-state index in [1.807, 2.05) is 31.2 Å². The van der Waals surface area contributed by atoms with Gasteiger partial charge in [-0.1, -0.05) is 24.3 Å². The van der Waals surface area contributed by atoms with Gasteiger partial charge in [-0.25, -0.2) is 22.3 Å². The molecule has 1 amide bonds. The molecule has 1 fully saturated rings. The largest absolute Gasteiger partial charge is 0.497 e. The van der Waals surface area contributed by atoms with Gasteiger partial charge in [0.2, 0.25) is 10.0 Å². The van der Waals surface area contributed by atoms with Gasteiger partial charge in [0.1, 0.15) is 17.2 Å². The Kier molecular flexibility index (Phi) is 6.86. The maximum Gasteiger partial charge on any atom is 0.411 e. The van der Waals surface area contributed by atoms with Gasteiger partial charge in [0.25, 0.3) is 0 Å². The predicted molar refractivity (Wildman–Crippen MR) is 115 cm³/mol. The summed E-state index contributed by atoms with van der Waals surface area (Å²) in [6, 6.07) is 13.0. The minimum Gasteiger partial charge on any atom is -0.497 e. The Bertz CT molecular complexity index is 1010. The van der Waals surface area contributed by atoms with Crippen LogP contribution in [0.15, 0.2) is 48.5 Å². The second kappa shape index (κ2) is 9.23. The van der Waals surface area contributed by atoms with Crippen molar-refractivity contribution in [1.29, 1.82) is 0 Å². The van der Waals surface area contributed by atoms with E-state index < -0.39 is 27.5 Å². The summed E-state index contributed by atoms with van der Waals surface area (Å²) in [4.78, 5) is 14.6. The van der Waals surface area contributed by atoms with Crippen molar-refractivity contribution >= 4 is 16.1 Å². The van der Waals surface area contributed by atoms with Gasteiger partial charge in [-0.2, -0.15) is 0 Å². The van der Waals surface area contributed by atoms with Gasteiger partial charge in [0.15, 0.2) is 0 Å². The first kappa shape index (κ1) is 23.0. The lowest BCUT2D eigenvalue weighted by Crippen LogP contribution is -2.49. The molecule has 2 aromatic rings. The van der Waals surface area contributed by atoms with E-state index in [1.54, 1.807) is 24.1 Å². The van der Waals surface area contributed by atoms with E-state index in [0.717, 1.165) is 17.6 Å². The van der Waals surface area contributed by atoms with Crippen LogP contribution in [-0.2, 0) is 20.4 Å². The number of hydrogen-bond donors (Lipinski definition) is 1. The number of nitrogens with zero attached hydrogens (tertiary/aromatic N) is 1. The molecule has 0 bridgehead atoms. The SMILES string of the molecule is COc1ccc([C@H](C)N2CC[C@](CCNS(C)(=O)=O)(c3ccc(F)cc3)OC2=O)cc1. The molecule has 1 aliphatic rings. The molecular weight excluding hydrogens is 423 g/mol. The van der Waals surface area contributed by atoms with Crippen LogP contribution in [0.3, 0.4) is 0 Å². The molecule has 168 valence electrons. The molecular formula is C22H27FN2O5S. The van der Waals surface area contributed by atoms with Gasteiger partial charge in [-0.05, 0) is 42.3 Å².